The van der Waals surface area contributed by atoms with E-state index >= 15 is 9.59 Å². The molecule has 2 aliphatic carbocycles. The van der Waals surface area contributed by atoms with Crippen LogP contribution in [0.5, 0.6) is 0 Å². The molecule has 91 heavy (non-hydrogen) atoms. The Labute approximate surface area is 521 Å². The zero-order valence-electron chi connectivity index (χ0n) is 48.8. The molecule has 4 aliphatic heterocycles. The van der Waals surface area contributed by atoms with Gasteiger partial charge in [-0.25, -0.2) is 14.6 Å². The van der Waals surface area contributed by atoms with Crippen molar-refractivity contribution in [1.29, 1.82) is 0 Å². The van der Waals surface area contributed by atoms with Crippen molar-refractivity contribution in [3.8, 4) is 0 Å². The van der Waals surface area contributed by atoms with Gasteiger partial charge >= 0.3 is 11.9 Å². The first-order valence-corrected chi connectivity index (χ1v) is 29.9. The fraction of sp³-hybridized carbons (Fsp3) is 0.0506. The van der Waals surface area contributed by atoms with E-state index in [0.717, 1.165) is 77.9 Å². The third-order valence-electron chi connectivity index (χ3n) is 17.8. The number of ether oxygens (including phenoxy) is 2. The molecule has 0 saturated heterocycles. The Morgan fingerprint density at radius 2 is 0.901 bits per heavy atom. The number of aliphatic imine (C=N–C) groups is 1. The lowest BCUT2D eigenvalue weighted by Crippen LogP contribution is -2.36. The molecule has 12 nitrogen and oxygen atoms in total. The quantitative estimate of drug-likeness (QED) is 0.132. The van der Waals surface area contributed by atoms with Gasteiger partial charge in [-0.15, -0.1) is 0 Å². The van der Waals surface area contributed by atoms with E-state index in [1.165, 1.54) is 36.4 Å². The predicted molar refractivity (Wildman–Crippen MR) is 347 cm³/mol. The number of ketones is 4. The van der Waals surface area contributed by atoms with E-state index in [0.29, 0.717) is 22.8 Å². The number of aromatic amines is 1. The van der Waals surface area contributed by atoms with Crippen LogP contribution in [0.2, 0.25) is 0 Å². The number of nitrogens with one attached hydrogen (secondary N) is 1. The molecule has 0 amide bonds. The van der Waals surface area contributed by atoms with E-state index in [1.807, 2.05) is 97.1 Å². The number of hydrogen-bond acceptors (Lipinski definition) is 10. The van der Waals surface area contributed by atoms with Crippen LogP contribution >= 0.6 is 0 Å². The summed E-state index contributed by atoms with van der Waals surface area (Å²) in [5, 5.41) is 1.61. The minimum atomic E-state index is -0.788. The van der Waals surface area contributed by atoms with Gasteiger partial charge in [-0.3, -0.25) is 19.2 Å². The lowest BCUT2D eigenvalue weighted by molar-refractivity contribution is 0.0503. The summed E-state index contributed by atoms with van der Waals surface area (Å²) >= 11 is 0. The fourth-order valence-electron chi connectivity index (χ4n) is 13.6. The maximum Gasteiger partial charge on any atom is 0.338 e. The van der Waals surface area contributed by atoms with Gasteiger partial charge in [0.05, 0.1) is 57.1 Å². The third kappa shape index (κ3) is 8.86. The molecule has 1 atom stereocenters. The third-order valence-corrected chi connectivity index (χ3v) is 17.8. The Morgan fingerprint density at radius 3 is 1.44 bits per heavy atom. The lowest BCUT2D eigenvalue weighted by Gasteiger charge is -2.33. The normalized spacial score (nSPS) is 17.1. The molecule has 0 saturated carbocycles. The minimum Gasteiger partial charge on any atom is -0.456 e. The van der Waals surface area contributed by atoms with Gasteiger partial charge in [0.15, 0.2) is 23.1 Å². The van der Waals surface area contributed by atoms with Gasteiger partial charge in [0.2, 0.25) is 0 Å². The van der Waals surface area contributed by atoms with Crippen LogP contribution in [0, 0.1) is 6.92 Å². The van der Waals surface area contributed by atoms with Crippen molar-refractivity contribution in [2.24, 2.45) is 4.99 Å². The van der Waals surface area contributed by atoms with Gasteiger partial charge < -0.3 is 23.9 Å². The molecule has 6 aliphatic rings. The summed E-state index contributed by atoms with van der Waals surface area (Å²) in [6.45, 7) is 1.18. The number of carbonyl (C=O) groups excluding carboxylic acids is 6. The average molecular weight is 1180 g/mol. The summed E-state index contributed by atoms with van der Waals surface area (Å²) in [5.74, 6) is -3.01. The molecule has 0 radical (unpaired) electrons. The minimum absolute atomic E-state index is 0.0364. The van der Waals surface area contributed by atoms with Gasteiger partial charge in [0, 0.05) is 77.5 Å². The Kier molecular flexibility index (Phi) is 12.9. The zero-order chi connectivity index (χ0) is 61.6. The molecular formula is C79H50N4O8. The Morgan fingerprint density at radius 1 is 0.451 bits per heavy atom. The number of allylic oxidation sites excluding steroid dienone is 3. The molecular weight excluding hydrogens is 1130 g/mol. The van der Waals surface area contributed by atoms with Crippen molar-refractivity contribution in [1.82, 2.24) is 14.5 Å². The molecule has 1 N–H and O–H groups in total. The van der Waals surface area contributed by atoms with Crippen LogP contribution in [0.4, 0.5) is 0 Å². The number of aryl methyl sites for hydroxylation is 1. The molecule has 8 aromatic carbocycles. The fourth-order valence-corrected chi connectivity index (χ4v) is 13.6. The van der Waals surface area contributed by atoms with Crippen molar-refractivity contribution in [2.45, 2.75) is 13.0 Å². The van der Waals surface area contributed by atoms with Gasteiger partial charge in [-0.05, 0) is 108 Å². The number of nitrogens with zero attached hydrogens (tertiary/aromatic N) is 3. The molecule has 6 bridgehead atoms. The van der Waals surface area contributed by atoms with Crippen LogP contribution in [0.1, 0.15) is 124 Å². The Balaban J connectivity index is 0.965. The first-order chi connectivity index (χ1) is 44.6. The zero-order valence-corrected chi connectivity index (χ0v) is 48.8. The standard InChI is InChI=1S/C79H50N4O8/c1-45-40-66-71(48-22-10-4-11-23-48)63-37-35-61(81-63)69(46-18-6-2-7-19-46)60-34-36-62(80-60)70(47-20-8-3-9-21-47)64-38-39-65-72(49-24-12-5-13-25-49)73(45)83(66)68(44-91-79(89)51-31-33-57-59(42-51)77(87)55-29-17-15-27-53(55)75(57)85)67(82(64)65)43-90-78(88)50-30-32-56-58(41-50)76(86)54-28-16-14-26-52(54)74(56)84/h2-42,64,80H,43-44H2,1H3/b69-60-,70-62-,71-63?. The number of esters is 2. The molecule has 6 heterocycles. The molecule has 16 rings (SSSR count). The highest BCUT2D eigenvalue weighted by atomic mass is 16.5. The first-order valence-electron chi connectivity index (χ1n) is 29.9. The van der Waals surface area contributed by atoms with Crippen molar-refractivity contribution in [2.75, 3.05) is 13.2 Å². The van der Waals surface area contributed by atoms with E-state index in [9.17, 15) is 19.2 Å². The van der Waals surface area contributed by atoms with Crippen LogP contribution in [0.25, 0.3) is 28.0 Å². The Hall–Kier alpha value is -12.2. The summed E-state index contributed by atoms with van der Waals surface area (Å²) in [6, 6.07) is 68.1. The topological polar surface area (TPSA) is 157 Å². The molecule has 1 unspecified atom stereocenters. The van der Waals surface area contributed by atoms with Crippen molar-refractivity contribution < 1.29 is 38.2 Å². The van der Waals surface area contributed by atoms with Crippen LogP contribution in [0.15, 0.2) is 271 Å². The van der Waals surface area contributed by atoms with Crippen molar-refractivity contribution in [3.63, 3.8) is 0 Å². The maximum atomic E-state index is 15.2. The monoisotopic (exact) mass is 1180 g/mol. The highest BCUT2D eigenvalue weighted by molar-refractivity contribution is 6.31. The van der Waals surface area contributed by atoms with Crippen LogP contribution in [0.3, 0.4) is 0 Å². The average Bonchev–Trinajstić information content (AvgIpc) is 1.58. The summed E-state index contributed by atoms with van der Waals surface area (Å²) in [7, 11) is 0. The number of fused-ring (bicyclic) bond motifs is 7. The molecule has 0 fully saturated rings. The van der Waals surface area contributed by atoms with Crippen molar-refractivity contribution >= 4 is 68.8 Å². The number of hydrogen-bond donors (Lipinski definition) is 1. The summed E-state index contributed by atoms with van der Waals surface area (Å²) in [6.07, 6.45) is 8.31. The van der Waals surface area contributed by atoms with Crippen LogP contribution in [-0.2, 0) is 9.47 Å². The predicted octanol–water partition coefficient (Wildman–Crippen LogP) is 12.5. The van der Waals surface area contributed by atoms with E-state index < -0.39 is 42.8 Å². The highest BCUT2D eigenvalue weighted by Gasteiger charge is 2.41. The largest absolute Gasteiger partial charge is 0.456 e. The van der Waals surface area contributed by atoms with E-state index in [4.69, 9.17) is 14.5 Å². The second kappa shape index (κ2) is 21.6. The number of benzene rings is 8. The van der Waals surface area contributed by atoms with Crippen LogP contribution < -0.4 is 10.7 Å². The molecule has 12 heteroatoms. The van der Waals surface area contributed by atoms with Gasteiger partial charge in [-0.1, -0.05) is 176 Å². The van der Waals surface area contributed by atoms with Gasteiger partial charge in [0.25, 0.3) is 0 Å². The van der Waals surface area contributed by atoms with Crippen LogP contribution in [-0.4, -0.2) is 74.5 Å². The maximum absolute atomic E-state index is 15.2. The number of rotatable bonds is 10. The molecule has 434 valence electrons. The lowest BCUT2D eigenvalue weighted by atomic mass is 9.83. The first kappa shape index (κ1) is 54.3. The number of aromatic nitrogens is 2. The Bertz CT molecular complexity index is 5230. The van der Waals surface area contributed by atoms with E-state index in [1.54, 1.807) is 48.5 Å². The van der Waals surface area contributed by atoms with Gasteiger partial charge in [0.1, 0.15) is 13.2 Å². The summed E-state index contributed by atoms with van der Waals surface area (Å²) < 4.78 is 15.5. The van der Waals surface area contributed by atoms with E-state index in [-0.39, 0.29) is 67.2 Å². The molecule has 2 aromatic heterocycles. The summed E-state index contributed by atoms with van der Waals surface area (Å²) in [4.78, 5) is 98.1. The van der Waals surface area contributed by atoms with Gasteiger partial charge in [-0.2, -0.15) is 0 Å². The number of carbonyl (C=O) groups is 6. The highest BCUT2D eigenvalue weighted by Crippen LogP contribution is 2.48. The molecule has 10 aromatic rings. The smallest absolute Gasteiger partial charge is 0.338 e. The SMILES string of the molecule is Cc1cc2n3c1C(c1ccccc1)=C1C=CC(/C(c4ccccc4)=c4/cc/c([nH]4)=C(\c4ccccc4)C4=NC(=C2c2ccccc2)C=C4)N1C(COC(=O)c1ccc2c(c1)C(=O)c1ccccc1C2=O)=C3COC(=O)c1ccc2c(c1)C(=O)c1ccccc1C2=O. The second-order valence-electron chi connectivity index (χ2n) is 22.9. The van der Waals surface area contributed by atoms with E-state index in [2.05, 4.69) is 88.1 Å². The molecule has 0 spiro atoms. The second-order valence-corrected chi connectivity index (χ2v) is 22.9. The summed E-state index contributed by atoms with van der Waals surface area (Å²) in [5.41, 5.74) is 13.7. The number of H-pyrrole nitrogens is 1. The van der Waals surface area contributed by atoms with Crippen molar-refractivity contribution in [3.05, 3.63) is 371 Å².